The van der Waals surface area contributed by atoms with Gasteiger partial charge in [-0.25, -0.2) is 4.79 Å². The second kappa shape index (κ2) is 6.75. The van der Waals surface area contributed by atoms with Crippen LogP contribution in [0.15, 0.2) is 55.1 Å². The Balaban J connectivity index is 2.53. The third-order valence-electron chi connectivity index (χ3n) is 3.17. The summed E-state index contributed by atoms with van der Waals surface area (Å²) in [6.07, 6.45) is 3.01. The van der Waals surface area contributed by atoms with Gasteiger partial charge in [0, 0.05) is 11.6 Å². The maximum Gasteiger partial charge on any atom is 0.335 e. The SMILES string of the molecule is C=CC(=O)Oc1ccccc1-c1cc(O)ccc1CCC. The van der Waals surface area contributed by atoms with Gasteiger partial charge in [0.15, 0.2) is 0 Å². The summed E-state index contributed by atoms with van der Waals surface area (Å²) in [6, 6.07) is 12.6. The molecule has 2 aromatic rings. The molecule has 0 radical (unpaired) electrons. The molecule has 0 fully saturated rings. The number of ether oxygens (including phenoxy) is 1. The van der Waals surface area contributed by atoms with Gasteiger partial charge in [-0.3, -0.25) is 0 Å². The fraction of sp³-hybridized carbons (Fsp3) is 0.167. The Morgan fingerprint density at radius 1 is 1.24 bits per heavy atom. The summed E-state index contributed by atoms with van der Waals surface area (Å²) in [5.41, 5.74) is 2.77. The number of rotatable bonds is 5. The molecule has 1 N–H and O–H groups in total. The number of aromatic hydroxyl groups is 1. The Morgan fingerprint density at radius 3 is 2.71 bits per heavy atom. The number of carbonyl (C=O) groups excluding carboxylic acids is 1. The molecule has 0 aliphatic heterocycles. The lowest BCUT2D eigenvalue weighted by Crippen LogP contribution is -2.04. The number of benzene rings is 2. The largest absolute Gasteiger partial charge is 0.508 e. The van der Waals surface area contributed by atoms with Gasteiger partial charge < -0.3 is 9.84 Å². The highest BCUT2D eigenvalue weighted by Crippen LogP contribution is 2.35. The van der Waals surface area contributed by atoms with Gasteiger partial charge in [-0.15, -0.1) is 0 Å². The molecule has 0 amide bonds. The zero-order chi connectivity index (χ0) is 15.2. The lowest BCUT2D eigenvalue weighted by molar-refractivity contribution is -0.128. The molecule has 3 nitrogen and oxygen atoms in total. The highest BCUT2D eigenvalue weighted by atomic mass is 16.5. The molecular formula is C18H18O3. The Bertz CT molecular complexity index is 659. The normalized spacial score (nSPS) is 10.1. The van der Waals surface area contributed by atoms with Crippen LogP contribution in [0.1, 0.15) is 18.9 Å². The molecule has 0 spiro atoms. The van der Waals surface area contributed by atoms with E-state index < -0.39 is 5.97 Å². The average molecular weight is 282 g/mol. The quantitative estimate of drug-likeness (QED) is 0.510. The lowest BCUT2D eigenvalue weighted by Gasteiger charge is -2.13. The molecule has 0 saturated heterocycles. The first-order valence-electron chi connectivity index (χ1n) is 6.91. The van der Waals surface area contributed by atoms with E-state index in [4.69, 9.17) is 4.74 Å². The summed E-state index contributed by atoms with van der Waals surface area (Å²) in [7, 11) is 0. The number of hydrogen-bond donors (Lipinski definition) is 1. The van der Waals surface area contributed by atoms with E-state index in [0.717, 1.165) is 35.6 Å². The van der Waals surface area contributed by atoms with Gasteiger partial charge in [-0.2, -0.15) is 0 Å². The van der Waals surface area contributed by atoms with Gasteiger partial charge in [0.1, 0.15) is 11.5 Å². The Labute approximate surface area is 124 Å². The Hall–Kier alpha value is -2.55. The molecular weight excluding hydrogens is 264 g/mol. The van der Waals surface area contributed by atoms with E-state index in [1.165, 1.54) is 0 Å². The highest BCUT2D eigenvalue weighted by molar-refractivity contribution is 5.86. The minimum absolute atomic E-state index is 0.190. The molecule has 0 aromatic heterocycles. The van der Waals surface area contributed by atoms with Crippen LogP contribution < -0.4 is 4.74 Å². The molecule has 0 atom stereocenters. The van der Waals surface area contributed by atoms with E-state index in [1.807, 2.05) is 18.2 Å². The van der Waals surface area contributed by atoms with Crippen LogP contribution in [0.5, 0.6) is 11.5 Å². The summed E-state index contributed by atoms with van der Waals surface area (Å²) in [6.45, 7) is 5.50. The van der Waals surface area contributed by atoms with Crippen molar-refractivity contribution in [3.05, 3.63) is 60.7 Å². The van der Waals surface area contributed by atoms with Crippen molar-refractivity contribution in [3.63, 3.8) is 0 Å². The first-order chi connectivity index (χ1) is 10.2. The van der Waals surface area contributed by atoms with Gasteiger partial charge >= 0.3 is 5.97 Å². The van der Waals surface area contributed by atoms with E-state index >= 15 is 0 Å². The van der Waals surface area contributed by atoms with Crippen LogP contribution in [-0.2, 0) is 11.2 Å². The maximum absolute atomic E-state index is 11.5. The number of phenolic OH excluding ortho intramolecular Hbond substituents is 1. The van der Waals surface area contributed by atoms with Crippen molar-refractivity contribution in [2.24, 2.45) is 0 Å². The Kier molecular flexibility index (Phi) is 4.77. The van der Waals surface area contributed by atoms with Crippen molar-refractivity contribution in [1.82, 2.24) is 0 Å². The van der Waals surface area contributed by atoms with Crippen LogP contribution in [0, 0.1) is 0 Å². The number of hydrogen-bond acceptors (Lipinski definition) is 3. The Morgan fingerprint density at radius 2 is 2.00 bits per heavy atom. The molecule has 21 heavy (non-hydrogen) atoms. The smallest absolute Gasteiger partial charge is 0.335 e. The molecule has 0 aliphatic carbocycles. The van der Waals surface area contributed by atoms with Crippen LogP contribution in [0.4, 0.5) is 0 Å². The van der Waals surface area contributed by atoms with E-state index in [1.54, 1.807) is 24.3 Å². The van der Waals surface area contributed by atoms with E-state index in [-0.39, 0.29) is 5.75 Å². The third kappa shape index (κ3) is 3.51. The van der Waals surface area contributed by atoms with Crippen molar-refractivity contribution in [3.8, 4) is 22.6 Å². The van der Waals surface area contributed by atoms with Gasteiger partial charge in [0.25, 0.3) is 0 Å². The number of esters is 1. The summed E-state index contributed by atoms with van der Waals surface area (Å²) >= 11 is 0. The first kappa shape index (κ1) is 14.9. The summed E-state index contributed by atoms with van der Waals surface area (Å²) in [4.78, 5) is 11.5. The van der Waals surface area contributed by atoms with E-state index in [2.05, 4.69) is 13.5 Å². The van der Waals surface area contributed by atoms with Crippen LogP contribution >= 0.6 is 0 Å². The number of carbonyl (C=O) groups is 1. The number of para-hydroxylation sites is 1. The van der Waals surface area contributed by atoms with Gasteiger partial charge in [0.2, 0.25) is 0 Å². The molecule has 2 aromatic carbocycles. The summed E-state index contributed by atoms with van der Waals surface area (Å²) < 4.78 is 5.28. The summed E-state index contributed by atoms with van der Waals surface area (Å²) in [5, 5.41) is 9.76. The molecule has 0 heterocycles. The minimum atomic E-state index is -0.500. The lowest BCUT2D eigenvalue weighted by atomic mass is 9.96. The topological polar surface area (TPSA) is 46.5 Å². The molecule has 2 rings (SSSR count). The second-order valence-corrected chi connectivity index (χ2v) is 4.71. The van der Waals surface area contributed by atoms with Crippen molar-refractivity contribution >= 4 is 5.97 Å². The zero-order valence-electron chi connectivity index (χ0n) is 12.0. The number of aryl methyl sites for hydroxylation is 1. The molecule has 0 bridgehead atoms. The molecule has 3 heteroatoms. The highest BCUT2D eigenvalue weighted by Gasteiger charge is 2.12. The van der Waals surface area contributed by atoms with Crippen LogP contribution in [0.3, 0.4) is 0 Å². The second-order valence-electron chi connectivity index (χ2n) is 4.71. The number of phenols is 1. The molecule has 0 unspecified atom stereocenters. The van der Waals surface area contributed by atoms with Crippen molar-refractivity contribution in [1.29, 1.82) is 0 Å². The minimum Gasteiger partial charge on any atom is -0.508 e. The fourth-order valence-electron chi connectivity index (χ4n) is 2.23. The van der Waals surface area contributed by atoms with E-state index in [0.29, 0.717) is 5.75 Å². The predicted octanol–water partition coefficient (Wildman–Crippen LogP) is 4.10. The fourth-order valence-corrected chi connectivity index (χ4v) is 2.23. The van der Waals surface area contributed by atoms with Gasteiger partial charge in [0.05, 0.1) is 0 Å². The zero-order valence-corrected chi connectivity index (χ0v) is 12.0. The van der Waals surface area contributed by atoms with E-state index in [9.17, 15) is 9.90 Å². The van der Waals surface area contributed by atoms with Gasteiger partial charge in [-0.1, -0.05) is 44.2 Å². The first-order valence-corrected chi connectivity index (χ1v) is 6.91. The maximum atomic E-state index is 11.5. The molecule has 0 saturated carbocycles. The predicted molar refractivity (Wildman–Crippen MR) is 83.4 cm³/mol. The average Bonchev–Trinajstić information content (AvgIpc) is 2.50. The monoisotopic (exact) mass is 282 g/mol. The molecule has 108 valence electrons. The molecule has 0 aliphatic rings. The van der Waals surface area contributed by atoms with Crippen LogP contribution in [0.2, 0.25) is 0 Å². The van der Waals surface area contributed by atoms with Crippen LogP contribution in [-0.4, -0.2) is 11.1 Å². The third-order valence-corrected chi connectivity index (χ3v) is 3.17. The van der Waals surface area contributed by atoms with Crippen LogP contribution in [0.25, 0.3) is 11.1 Å². The van der Waals surface area contributed by atoms with Crippen molar-refractivity contribution < 1.29 is 14.6 Å². The van der Waals surface area contributed by atoms with Gasteiger partial charge in [-0.05, 0) is 35.7 Å². The summed E-state index contributed by atoms with van der Waals surface area (Å²) in [5.74, 6) is 0.153. The standard InChI is InChI=1S/C18H18O3/c1-3-7-13-10-11-14(19)12-16(13)15-8-5-6-9-17(15)21-18(20)4-2/h4-6,8-12,19H,2-3,7H2,1H3. The van der Waals surface area contributed by atoms with Crippen molar-refractivity contribution in [2.45, 2.75) is 19.8 Å². The van der Waals surface area contributed by atoms with Crippen molar-refractivity contribution in [2.75, 3.05) is 0 Å².